The molecule has 1 aliphatic rings. The Morgan fingerprint density at radius 2 is 1.95 bits per heavy atom. The first-order valence-electron chi connectivity index (χ1n) is 7.98. The first-order valence-corrected chi connectivity index (χ1v) is 7.98. The van der Waals surface area contributed by atoms with E-state index in [-0.39, 0.29) is 5.54 Å². The lowest BCUT2D eigenvalue weighted by Gasteiger charge is -2.37. The Morgan fingerprint density at radius 3 is 2.60 bits per heavy atom. The van der Waals surface area contributed by atoms with Gasteiger partial charge in [-0.05, 0) is 43.8 Å². The van der Waals surface area contributed by atoms with E-state index in [4.69, 9.17) is 0 Å². The van der Waals surface area contributed by atoms with Crippen molar-refractivity contribution in [3.8, 4) is 0 Å². The van der Waals surface area contributed by atoms with Crippen molar-refractivity contribution in [1.82, 2.24) is 10.2 Å². The maximum absolute atomic E-state index is 3.77. The highest BCUT2D eigenvalue weighted by molar-refractivity contribution is 5.24. The van der Waals surface area contributed by atoms with Crippen LogP contribution in [0, 0.1) is 5.41 Å². The minimum Gasteiger partial charge on any atom is -0.307 e. The number of hydrogen-bond acceptors (Lipinski definition) is 2. The predicted octanol–water partition coefficient (Wildman–Crippen LogP) is 3.63. The van der Waals surface area contributed by atoms with Gasteiger partial charge in [-0.25, -0.2) is 0 Å². The molecule has 112 valence electrons. The van der Waals surface area contributed by atoms with Gasteiger partial charge in [0.15, 0.2) is 0 Å². The molecular weight excluding hydrogens is 244 g/mol. The second-order valence-electron chi connectivity index (χ2n) is 7.21. The zero-order chi connectivity index (χ0) is 14.6. The molecule has 1 N–H and O–H groups in total. The molecular formula is C18H30N2. The Bertz CT molecular complexity index is 413. The van der Waals surface area contributed by atoms with Crippen LogP contribution in [0.2, 0.25) is 0 Å². The van der Waals surface area contributed by atoms with Gasteiger partial charge in [-0.1, -0.05) is 51.1 Å². The van der Waals surface area contributed by atoms with Crippen LogP contribution in [-0.2, 0) is 5.54 Å². The van der Waals surface area contributed by atoms with Gasteiger partial charge in [0.05, 0.1) is 5.54 Å². The molecule has 0 radical (unpaired) electrons. The van der Waals surface area contributed by atoms with Gasteiger partial charge >= 0.3 is 0 Å². The number of nitrogens with one attached hydrogen (secondary N) is 1. The fourth-order valence-electron chi connectivity index (χ4n) is 3.10. The quantitative estimate of drug-likeness (QED) is 0.902. The standard InChI is InChI=1S/C18H30N2/c1-5-17(2,3)14-20-13-9-12-19-18(4,15-20)16-10-7-6-8-11-16/h6-8,10-11,19H,5,9,12-15H2,1-4H3. The molecule has 20 heavy (non-hydrogen) atoms. The zero-order valence-corrected chi connectivity index (χ0v) is 13.6. The molecule has 2 rings (SSSR count). The number of nitrogens with zero attached hydrogens (tertiary/aromatic N) is 1. The molecule has 1 aromatic carbocycles. The Kier molecular flexibility index (Phi) is 4.87. The Balaban J connectivity index is 2.14. The molecule has 1 aromatic rings. The van der Waals surface area contributed by atoms with Gasteiger partial charge < -0.3 is 10.2 Å². The van der Waals surface area contributed by atoms with Crippen LogP contribution in [0.5, 0.6) is 0 Å². The van der Waals surface area contributed by atoms with Crippen molar-refractivity contribution in [2.45, 2.75) is 46.1 Å². The summed E-state index contributed by atoms with van der Waals surface area (Å²) in [7, 11) is 0. The summed E-state index contributed by atoms with van der Waals surface area (Å²) in [6, 6.07) is 10.9. The summed E-state index contributed by atoms with van der Waals surface area (Å²) in [5.74, 6) is 0. The van der Waals surface area contributed by atoms with Crippen LogP contribution in [0.25, 0.3) is 0 Å². The molecule has 0 saturated carbocycles. The molecule has 0 aliphatic carbocycles. The van der Waals surface area contributed by atoms with E-state index in [9.17, 15) is 0 Å². The van der Waals surface area contributed by atoms with Crippen molar-refractivity contribution >= 4 is 0 Å². The predicted molar refractivity (Wildman–Crippen MR) is 86.9 cm³/mol. The van der Waals surface area contributed by atoms with Crippen LogP contribution in [-0.4, -0.2) is 31.1 Å². The third kappa shape index (κ3) is 3.83. The van der Waals surface area contributed by atoms with Crippen molar-refractivity contribution < 1.29 is 0 Å². The summed E-state index contributed by atoms with van der Waals surface area (Å²) in [5, 5.41) is 3.77. The smallest absolute Gasteiger partial charge is 0.0534 e. The lowest BCUT2D eigenvalue weighted by molar-refractivity contribution is 0.149. The summed E-state index contributed by atoms with van der Waals surface area (Å²) in [5.41, 5.74) is 1.88. The molecule has 1 unspecified atom stereocenters. The van der Waals surface area contributed by atoms with Gasteiger partial charge in [-0.3, -0.25) is 0 Å². The van der Waals surface area contributed by atoms with E-state index in [1.54, 1.807) is 0 Å². The van der Waals surface area contributed by atoms with Crippen LogP contribution in [0.1, 0.15) is 46.1 Å². The number of benzene rings is 1. The van der Waals surface area contributed by atoms with Gasteiger partial charge in [-0.15, -0.1) is 0 Å². The molecule has 2 nitrogen and oxygen atoms in total. The SMILES string of the molecule is CCC(C)(C)CN1CCCNC(C)(c2ccccc2)C1. The molecule has 2 heteroatoms. The van der Waals surface area contributed by atoms with Crippen molar-refractivity contribution in [3.05, 3.63) is 35.9 Å². The van der Waals surface area contributed by atoms with Gasteiger partial charge in [0.1, 0.15) is 0 Å². The van der Waals surface area contributed by atoms with Gasteiger partial charge in [0, 0.05) is 13.1 Å². The fourth-order valence-corrected chi connectivity index (χ4v) is 3.10. The first kappa shape index (κ1) is 15.5. The summed E-state index contributed by atoms with van der Waals surface area (Å²) < 4.78 is 0. The maximum Gasteiger partial charge on any atom is 0.0534 e. The molecule has 0 aromatic heterocycles. The van der Waals surface area contributed by atoms with Crippen molar-refractivity contribution in [3.63, 3.8) is 0 Å². The minimum atomic E-state index is 0.0710. The molecule has 0 amide bonds. The number of rotatable bonds is 4. The van der Waals surface area contributed by atoms with Gasteiger partial charge in [0.2, 0.25) is 0 Å². The highest BCUT2D eigenvalue weighted by Crippen LogP contribution is 2.27. The average Bonchev–Trinajstić information content (AvgIpc) is 2.62. The Morgan fingerprint density at radius 1 is 1.25 bits per heavy atom. The van der Waals surface area contributed by atoms with Crippen LogP contribution in [0.4, 0.5) is 0 Å². The minimum absolute atomic E-state index is 0.0710. The summed E-state index contributed by atoms with van der Waals surface area (Å²) in [6.45, 7) is 14.0. The molecule has 1 heterocycles. The Hall–Kier alpha value is -0.860. The van der Waals surface area contributed by atoms with Crippen LogP contribution < -0.4 is 5.32 Å². The van der Waals surface area contributed by atoms with E-state index in [1.807, 2.05) is 0 Å². The Labute approximate surface area is 124 Å². The highest BCUT2D eigenvalue weighted by Gasteiger charge is 2.32. The molecule has 1 atom stereocenters. The molecule has 1 fully saturated rings. The largest absolute Gasteiger partial charge is 0.307 e. The summed E-state index contributed by atoms with van der Waals surface area (Å²) >= 11 is 0. The van der Waals surface area contributed by atoms with Crippen molar-refractivity contribution in [2.75, 3.05) is 26.2 Å². The van der Waals surface area contributed by atoms with E-state index in [1.165, 1.54) is 31.5 Å². The average molecular weight is 274 g/mol. The third-order valence-electron chi connectivity index (χ3n) is 4.73. The van der Waals surface area contributed by atoms with Crippen LogP contribution in [0.3, 0.4) is 0 Å². The van der Waals surface area contributed by atoms with E-state index in [2.05, 4.69) is 68.2 Å². The van der Waals surface area contributed by atoms with E-state index in [0.717, 1.165) is 13.1 Å². The van der Waals surface area contributed by atoms with Crippen molar-refractivity contribution in [2.24, 2.45) is 5.41 Å². The molecule has 0 bridgehead atoms. The zero-order valence-electron chi connectivity index (χ0n) is 13.6. The summed E-state index contributed by atoms with van der Waals surface area (Å²) in [6.07, 6.45) is 2.47. The molecule has 1 aliphatic heterocycles. The molecule has 1 saturated heterocycles. The second-order valence-corrected chi connectivity index (χ2v) is 7.21. The fraction of sp³-hybridized carbons (Fsp3) is 0.667. The van der Waals surface area contributed by atoms with Gasteiger partial charge in [0.25, 0.3) is 0 Å². The van der Waals surface area contributed by atoms with Crippen LogP contribution in [0.15, 0.2) is 30.3 Å². The molecule has 0 spiro atoms. The van der Waals surface area contributed by atoms with E-state index < -0.39 is 0 Å². The van der Waals surface area contributed by atoms with Crippen LogP contribution >= 0.6 is 0 Å². The first-order chi connectivity index (χ1) is 9.45. The van der Waals surface area contributed by atoms with E-state index in [0.29, 0.717) is 5.41 Å². The second kappa shape index (κ2) is 6.28. The van der Waals surface area contributed by atoms with Gasteiger partial charge in [-0.2, -0.15) is 0 Å². The third-order valence-corrected chi connectivity index (χ3v) is 4.73. The lowest BCUT2D eigenvalue weighted by Crippen LogP contribution is -2.48. The topological polar surface area (TPSA) is 15.3 Å². The normalized spacial score (nSPS) is 25.4. The lowest BCUT2D eigenvalue weighted by atomic mass is 9.87. The van der Waals surface area contributed by atoms with Crippen molar-refractivity contribution in [1.29, 1.82) is 0 Å². The monoisotopic (exact) mass is 274 g/mol. The maximum atomic E-state index is 3.77. The van der Waals surface area contributed by atoms with E-state index >= 15 is 0 Å². The highest BCUT2D eigenvalue weighted by atomic mass is 15.2. The number of hydrogen-bond donors (Lipinski definition) is 1. The summed E-state index contributed by atoms with van der Waals surface area (Å²) in [4.78, 5) is 2.65.